The zero-order valence-electron chi connectivity index (χ0n) is 22.6. The maximum absolute atomic E-state index is 9.19. The second-order valence-corrected chi connectivity index (χ2v) is 14.9. The van der Waals surface area contributed by atoms with Crippen molar-refractivity contribution in [2.24, 2.45) is 5.11 Å². The molecular weight excluding hydrogens is 494 g/mol. The molecule has 0 bridgehead atoms. The van der Waals surface area contributed by atoms with Crippen LogP contribution in [0.4, 0.5) is 0 Å². The van der Waals surface area contributed by atoms with E-state index in [4.69, 9.17) is 18.6 Å². The highest BCUT2D eigenvalue weighted by Gasteiger charge is 2.51. The average Bonchev–Trinajstić information content (AvgIpc) is 2.94. The van der Waals surface area contributed by atoms with E-state index in [-0.39, 0.29) is 11.6 Å². The molecule has 1 heterocycles. The van der Waals surface area contributed by atoms with Crippen molar-refractivity contribution in [3.63, 3.8) is 0 Å². The fourth-order valence-electron chi connectivity index (χ4n) is 5.38. The summed E-state index contributed by atoms with van der Waals surface area (Å²) in [6, 6.07) is 30.5. The predicted octanol–water partition coefficient (Wildman–Crippen LogP) is 5.24. The van der Waals surface area contributed by atoms with Crippen molar-refractivity contribution >= 4 is 18.7 Å². The zero-order valence-corrected chi connectivity index (χ0v) is 23.6. The molecule has 0 aromatic heterocycles. The van der Waals surface area contributed by atoms with Crippen LogP contribution in [0.1, 0.15) is 26.3 Å². The molecule has 0 amide bonds. The lowest BCUT2D eigenvalue weighted by Gasteiger charge is -2.45. The fraction of sp³-hybridized carbons (Fsp3) is 0.400. The third-order valence-corrected chi connectivity index (χ3v) is 12.2. The number of benzene rings is 3. The lowest BCUT2D eigenvalue weighted by Crippen LogP contribution is -2.68. The maximum Gasteiger partial charge on any atom is 0.261 e. The van der Waals surface area contributed by atoms with E-state index in [1.165, 1.54) is 10.4 Å². The summed E-state index contributed by atoms with van der Waals surface area (Å²) in [4.78, 5) is 3.04. The number of hydrogen-bond acceptors (Lipinski definition) is 5. The van der Waals surface area contributed by atoms with Gasteiger partial charge in [0.05, 0.1) is 32.0 Å². The van der Waals surface area contributed by atoms with Gasteiger partial charge in [-0.15, -0.1) is 0 Å². The van der Waals surface area contributed by atoms with E-state index in [1.807, 2.05) is 42.5 Å². The van der Waals surface area contributed by atoms with Crippen LogP contribution in [0.15, 0.2) is 96.1 Å². The first-order valence-corrected chi connectivity index (χ1v) is 14.9. The van der Waals surface area contributed by atoms with Crippen LogP contribution >= 0.6 is 0 Å². The van der Waals surface area contributed by atoms with Gasteiger partial charge < -0.3 is 18.6 Å². The largest absolute Gasteiger partial charge is 0.405 e. The van der Waals surface area contributed by atoms with Crippen LogP contribution in [-0.2, 0) is 25.2 Å². The summed E-state index contributed by atoms with van der Waals surface area (Å²) in [7, 11) is -1.12. The molecule has 38 heavy (non-hydrogen) atoms. The SMILES string of the molecule is CO[C@H]1C(CO[Si](c2ccccc2)(c2ccccc2)C(C)(C)C)OCC(N=[N+]=[N-])[C@H]1OCc1ccccc1. The first-order chi connectivity index (χ1) is 18.4. The van der Waals surface area contributed by atoms with E-state index in [0.717, 1.165) is 5.56 Å². The van der Waals surface area contributed by atoms with Gasteiger partial charge in [0.1, 0.15) is 12.2 Å². The van der Waals surface area contributed by atoms with Gasteiger partial charge in [-0.3, -0.25) is 0 Å². The van der Waals surface area contributed by atoms with Crippen molar-refractivity contribution in [3.05, 3.63) is 107 Å². The zero-order chi connectivity index (χ0) is 27.0. The van der Waals surface area contributed by atoms with E-state index in [9.17, 15) is 5.53 Å². The van der Waals surface area contributed by atoms with Gasteiger partial charge in [-0.05, 0) is 26.5 Å². The van der Waals surface area contributed by atoms with Crippen molar-refractivity contribution in [2.45, 2.75) is 56.8 Å². The molecule has 2 unspecified atom stereocenters. The van der Waals surface area contributed by atoms with Crippen molar-refractivity contribution < 1.29 is 18.6 Å². The maximum atomic E-state index is 9.19. The highest BCUT2D eigenvalue weighted by Crippen LogP contribution is 2.37. The van der Waals surface area contributed by atoms with Gasteiger partial charge in [-0.25, -0.2) is 0 Å². The van der Waals surface area contributed by atoms with Gasteiger partial charge in [-0.1, -0.05) is 117 Å². The first-order valence-electron chi connectivity index (χ1n) is 13.0. The quantitative estimate of drug-likeness (QED) is 0.155. The van der Waals surface area contributed by atoms with Crippen LogP contribution in [0.5, 0.6) is 0 Å². The minimum atomic E-state index is -2.76. The van der Waals surface area contributed by atoms with Crippen LogP contribution in [-0.4, -0.2) is 53.0 Å². The Kier molecular flexibility index (Phi) is 9.38. The van der Waals surface area contributed by atoms with E-state index < -0.39 is 32.7 Å². The van der Waals surface area contributed by atoms with Gasteiger partial charge in [0, 0.05) is 12.0 Å². The monoisotopic (exact) mass is 531 g/mol. The Morgan fingerprint density at radius 3 is 1.95 bits per heavy atom. The van der Waals surface area contributed by atoms with E-state index in [2.05, 4.69) is 79.3 Å². The van der Waals surface area contributed by atoms with Crippen LogP contribution in [0.3, 0.4) is 0 Å². The van der Waals surface area contributed by atoms with Gasteiger partial charge >= 0.3 is 0 Å². The fourth-order valence-corrected chi connectivity index (χ4v) is 9.95. The number of methoxy groups -OCH3 is 1. The molecule has 3 aromatic carbocycles. The summed E-state index contributed by atoms with van der Waals surface area (Å²) < 4.78 is 25.6. The van der Waals surface area contributed by atoms with Crippen LogP contribution in [0.2, 0.25) is 5.04 Å². The highest BCUT2D eigenvalue weighted by atomic mass is 28.4. The van der Waals surface area contributed by atoms with E-state index >= 15 is 0 Å². The van der Waals surface area contributed by atoms with Crippen molar-refractivity contribution in [1.82, 2.24) is 0 Å². The number of rotatable bonds is 10. The van der Waals surface area contributed by atoms with Crippen molar-refractivity contribution in [3.8, 4) is 0 Å². The highest BCUT2D eigenvalue weighted by molar-refractivity contribution is 6.99. The van der Waals surface area contributed by atoms with E-state index in [0.29, 0.717) is 13.2 Å². The van der Waals surface area contributed by atoms with Gasteiger partial charge in [0.25, 0.3) is 8.32 Å². The van der Waals surface area contributed by atoms with Crippen LogP contribution < -0.4 is 10.4 Å². The molecule has 1 saturated heterocycles. The Morgan fingerprint density at radius 1 is 0.895 bits per heavy atom. The Morgan fingerprint density at radius 2 is 1.45 bits per heavy atom. The summed E-state index contributed by atoms with van der Waals surface area (Å²) in [6.45, 7) is 7.68. The first kappa shape index (κ1) is 28.0. The Hall–Kier alpha value is -2.97. The van der Waals surface area contributed by atoms with Crippen LogP contribution in [0.25, 0.3) is 10.4 Å². The number of ether oxygens (including phenoxy) is 3. The molecule has 1 aliphatic heterocycles. The molecule has 1 fully saturated rings. The molecule has 7 nitrogen and oxygen atoms in total. The molecule has 0 aliphatic carbocycles. The molecular formula is C30H37N3O4Si. The average molecular weight is 532 g/mol. The second kappa shape index (κ2) is 12.7. The van der Waals surface area contributed by atoms with Crippen LogP contribution in [0, 0.1) is 0 Å². The smallest absolute Gasteiger partial charge is 0.261 e. The summed E-state index contributed by atoms with van der Waals surface area (Å²) in [5, 5.41) is 6.21. The van der Waals surface area contributed by atoms with Gasteiger partial charge in [-0.2, -0.15) is 0 Å². The predicted molar refractivity (Wildman–Crippen MR) is 152 cm³/mol. The molecule has 0 spiro atoms. The summed E-state index contributed by atoms with van der Waals surface area (Å²) in [5.74, 6) is 0. The van der Waals surface area contributed by atoms with Crippen molar-refractivity contribution in [1.29, 1.82) is 0 Å². The Bertz CT molecular complexity index is 1140. The number of hydrogen-bond donors (Lipinski definition) is 0. The molecule has 8 heteroatoms. The standard InChI is InChI=1S/C30H37N3O4Si/c1-30(2,3)38(24-16-10-6-11-17-24,25-18-12-7-13-19-25)37-22-27-29(34-4)28(26(21-35-27)32-33-31)36-20-23-14-8-5-9-15-23/h5-19,26-29H,20-22H2,1-4H3/t26?,27?,28-,29+/m1/s1. The molecule has 4 atom stereocenters. The molecule has 200 valence electrons. The number of nitrogens with zero attached hydrogens (tertiary/aromatic N) is 3. The number of azide groups is 1. The lowest BCUT2D eigenvalue weighted by atomic mass is 9.98. The minimum absolute atomic E-state index is 0.163. The molecule has 0 N–H and O–H groups in total. The summed E-state index contributed by atoms with van der Waals surface area (Å²) in [6.07, 6.45) is -1.34. The molecule has 3 aromatic rings. The summed E-state index contributed by atoms with van der Waals surface area (Å²) in [5.41, 5.74) is 10.2. The third-order valence-electron chi connectivity index (χ3n) is 7.19. The summed E-state index contributed by atoms with van der Waals surface area (Å²) >= 11 is 0. The normalized spacial score (nSPS) is 22.0. The Balaban J connectivity index is 1.64. The molecule has 0 radical (unpaired) electrons. The molecule has 4 rings (SSSR count). The van der Waals surface area contributed by atoms with Crippen molar-refractivity contribution in [2.75, 3.05) is 20.3 Å². The third kappa shape index (κ3) is 6.02. The van der Waals surface area contributed by atoms with Gasteiger partial charge in [0.15, 0.2) is 0 Å². The second-order valence-electron chi connectivity index (χ2n) is 10.6. The minimum Gasteiger partial charge on any atom is -0.405 e. The molecule has 0 saturated carbocycles. The molecule has 1 aliphatic rings. The van der Waals surface area contributed by atoms with Gasteiger partial charge in [0.2, 0.25) is 0 Å². The lowest BCUT2D eigenvalue weighted by molar-refractivity contribution is -0.185. The van der Waals surface area contributed by atoms with E-state index in [1.54, 1.807) is 7.11 Å². The Labute approximate surface area is 226 Å². The topological polar surface area (TPSA) is 85.7 Å².